The van der Waals surface area contributed by atoms with Gasteiger partial charge in [-0.2, -0.15) is 9.64 Å². The predicted molar refractivity (Wildman–Crippen MR) is 151 cm³/mol. The van der Waals surface area contributed by atoms with Crippen molar-refractivity contribution in [3.63, 3.8) is 0 Å². The maximum absolute atomic E-state index is 13.7. The quantitative estimate of drug-likeness (QED) is 0.206. The van der Waals surface area contributed by atoms with Crippen molar-refractivity contribution in [2.24, 2.45) is 0 Å². The van der Waals surface area contributed by atoms with E-state index in [1.807, 2.05) is 19.9 Å². The first-order valence-electron chi connectivity index (χ1n) is 11.7. The van der Waals surface area contributed by atoms with Crippen molar-refractivity contribution in [1.82, 2.24) is 9.36 Å². The molecule has 0 radical (unpaired) electrons. The molecule has 0 spiro atoms. The number of benzene rings is 3. The Morgan fingerprint density at radius 3 is 2.49 bits per heavy atom. The number of ether oxygens (including phenoxy) is 3. The van der Waals surface area contributed by atoms with Crippen molar-refractivity contribution in [2.45, 2.75) is 32.2 Å². The summed E-state index contributed by atoms with van der Waals surface area (Å²) in [7, 11) is 1.33. The molecular formula is C27H26ClFN4O4S2. The Bertz CT molecular complexity index is 1500. The van der Waals surface area contributed by atoms with Crippen molar-refractivity contribution in [3.05, 3.63) is 82.4 Å². The molecule has 0 aliphatic heterocycles. The lowest BCUT2D eigenvalue weighted by molar-refractivity contribution is 0.391. The van der Waals surface area contributed by atoms with Crippen LogP contribution in [0.5, 0.6) is 23.0 Å². The van der Waals surface area contributed by atoms with Crippen molar-refractivity contribution < 1.29 is 22.8 Å². The largest absolute Gasteiger partial charge is 0.497 e. The van der Waals surface area contributed by atoms with Crippen LogP contribution >= 0.6 is 23.1 Å². The van der Waals surface area contributed by atoms with E-state index < -0.39 is 16.8 Å². The summed E-state index contributed by atoms with van der Waals surface area (Å²) >= 11 is 6.98. The van der Waals surface area contributed by atoms with Gasteiger partial charge in [0.2, 0.25) is 5.13 Å². The zero-order chi connectivity index (χ0) is 28.5. The number of aromatic nitrogens is 2. The molecule has 8 nitrogen and oxygen atoms in total. The van der Waals surface area contributed by atoms with E-state index >= 15 is 0 Å². The molecule has 4 rings (SSSR count). The normalized spacial score (nSPS) is 11.0. The van der Waals surface area contributed by atoms with Crippen LogP contribution < -0.4 is 18.5 Å². The molecule has 1 aromatic heterocycles. The smallest absolute Gasteiger partial charge is 0.217 e. The van der Waals surface area contributed by atoms with Crippen LogP contribution in [0.3, 0.4) is 0 Å². The zero-order valence-corrected chi connectivity index (χ0v) is 24.3. The Morgan fingerprint density at radius 2 is 1.85 bits per heavy atom. The highest BCUT2D eigenvalue weighted by Gasteiger charge is 2.23. The molecule has 12 heteroatoms. The molecule has 4 aromatic rings. The van der Waals surface area contributed by atoms with Gasteiger partial charge >= 0.3 is 0 Å². The third-order valence-corrected chi connectivity index (χ3v) is 7.74. The Morgan fingerprint density at radius 1 is 1.08 bits per heavy atom. The third kappa shape index (κ3) is 7.03. The molecule has 0 saturated heterocycles. The molecule has 39 heavy (non-hydrogen) atoms. The minimum absolute atomic E-state index is 0.0986. The van der Waals surface area contributed by atoms with Crippen molar-refractivity contribution in [3.8, 4) is 29.1 Å². The molecule has 0 bridgehead atoms. The van der Waals surface area contributed by atoms with Crippen LogP contribution in [0.2, 0.25) is 5.02 Å². The van der Waals surface area contributed by atoms with E-state index in [2.05, 4.69) is 15.4 Å². The lowest BCUT2D eigenvalue weighted by Gasteiger charge is -2.22. The Kier molecular flexibility index (Phi) is 10.6. The van der Waals surface area contributed by atoms with E-state index in [1.54, 1.807) is 43.6 Å². The van der Waals surface area contributed by atoms with Gasteiger partial charge in [-0.05, 0) is 48.9 Å². The number of nitrogens with zero attached hydrogens (tertiary/aromatic N) is 4. The second-order valence-electron chi connectivity index (χ2n) is 7.59. The summed E-state index contributed by atoms with van der Waals surface area (Å²) in [5.74, 6) is 1.13. The predicted octanol–water partition coefficient (Wildman–Crippen LogP) is 7.08. The zero-order valence-electron chi connectivity index (χ0n) is 21.9. The minimum atomic E-state index is -1.77. The highest BCUT2D eigenvalue weighted by Crippen LogP contribution is 2.34. The average Bonchev–Trinajstić information content (AvgIpc) is 3.50. The minimum Gasteiger partial charge on any atom is -0.497 e. The summed E-state index contributed by atoms with van der Waals surface area (Å²) in [5.41, 5.74) is 1.40. The number of hydrogen-bond donors (Lipinski definition) is 0. The standard InChI is InChI=1S/C25H20ClFN4O4S2.C2H6/c1-15-8-21(27)20(26)11-23(15)35-22-7-6-19(9-17(22)12-28)37(32)31(25-29-14-30-36-25)13-16-4-5-18(33-2)10-24(16)34-3;1-2/h4-11,14H,13H2,1-3H3;1-2H3. The number of methoxy groups -OCH3 is 2. The van der Waals surface area contributed by atoms with Crippen LogP contribution in [0.1, 0.15) is 30.5 Å². The van der Waals surface area contributed by atoms with Gasteiger partial charge in [0, 0.05) is 29.2 Å². The van der Waals surface area contributed by atoms with Gasteiger partial charge in [-0.3, -0.25) is 4.31 Å². The maximum Gasteiger partial charge on any atom is 0.217 e. The highest BCUT2D eigenvalue weighted by molar-refractivity contribution is 7.86. The fraction of sp³-hybridized carbons (Fsp3) is 0.222. The van der Waals surface area contributed by atoms with Crippen LogP contribution in [-0.4, -0.2) is 27.8 Å². The lowest BCUT2D eigenvalue weighted by atomic mass is 10.2. The molecule has 1 heterocycles. The van der Waals surface area contributed by atoms with Gasteiger partial charge in [0.15, 0.2) is 11.0 Å². The second-order valence-corrected chi connectivity index (χ2v) is 10.2. The van der Waals surface area contributed by atoms with Crippen LogP contribution in [0, 0.1) is 24.1 Å². The fourth-order valence-electron chi connectivity index (χ4n) is 3.39. The number of anilines is 1. The third-order valence-electron chi connectivity index (χ3n) is 5.28. The Hall–Kier alpha value is -3.72. The van der Waals surface area contributed by atoms with E-state index in [0.29, 0.717) is 32.8 Å². The van der Waals surface area contributed by atoms with Crippen molar-refractivity contribution in [1.29, 1.82) is 5.26 Å². The molecule has 0 fully saturated rings. The van der Waals surface area contributed by atoms with Gasteiger partial charge in [0.25, 0.3) is 0 Å². The maximum atomic E-state index is 13.7. The summed E-state index contributed by atoms with van der Waals surface area (Å²) in [6.45, 7) is 5.85. The molecule has 1 unspecified atom stereocenters. The summed E-state index contributed by atoms with van der Waals surface area (Å²) in [6, 6.07) is 14.6. The first kappa shape index (κ1) is 29.8. The van der Waals surface area contributed by atoms with Crippen molar-refractivity contribution >= 4 is 39.3 Å². The summed E-state index contributed by atoms with van der Waals surface area (Å²) in [5, 5.41) is 10.1. The molecule has 204 valence electrons. The SMILES string of the molecule is CC.COc1ccc(CN(c2ncns2)S(=O)c2ccc(Oc3cc(Cl)c(F)cc3C)c(C#N)c2)c(OC)c1. The van der Waals surface area contributed by atoms with E-state index in [9.17, 15) is 13.9 Å². The van der Waals surface area contributed by atoms with E-state index in [1.165, 1.54) is 30.6 Å². The molecule has 3 aromatic carbocycles. The summed E-state index contributed by atoms with van der Waals surface area (Å²) in [6.07, 6.45) is 1.38. The monoisotopic (exact) mass is 588 g/mol. The van der Waals surface area contributed by atoms with Crippen LogP contribution in [-0.2, 0) is 17.5 Å². The van der Waals surface area contributed by atoms with Gasteiger partial charge in [-0.15, -0.1) is 0 Å². The molecule has 0 N–H and O–H groups in total. The summed E-state index contributed by atoms with van der Waals surface area (Å²) in [4.78, 5) is 4.58. The fourth-order valence-corrected chi connectivity index (χ4v) is 5.39. The number of aryl methyl sites for hydroxylation is 1. The Balaban J connectivity index is 0.00000205. The average molecular weight is 589 g/mol. The first-order chi connectivity index (χ1) is 18.8. The lowest BCUT2D eigenvalue weighted by Crippen LogP contribution is -2.25. The van der Waals surface area contributed by atoms with Gasteiger partial charge in [0.05, 0.1) is 36.2 Å². The van der Waals surface area contributed by atoms with Gasteiger partial charge < -0.3 is 14.2 Å². The molecule has 0 aliphatic carbocycles. The van der Waals surface area contributed by atoms with Crippen LogP contribution in [0.25, 0.3) is 0 Å². The van der Waals surface area contributed by atoms with E-state index in [4.69, 9.17) is 25.8 Å². The number of halogens is 2. The molecule has 1 atom stereocenters. The molecular weight excluding hydrogens is 563 g/mol. The molecule has 0 saturated carbocycles. The van der Waals surface area contributed by atoms with E-state index in [0.717, 1.165) is 17.1 Å². The van der Waals surface area contributed by atoms with Gasteiger partial charge in [-0.1, -0.05) is 25.4 Å². The highest BCUT2D eigenvalue weighted by atomic mass is 35.5. The Labute approximate surface area is 238 Å². The van der Waals surface area contributed by atoms with Crippen LogP contribution in [0.15, 0.2) is 59.8 Å². The molecule has 0 aliphatic rings. The number of nitriles is 1. The van der Waals surface area contributed by atoms with Crippen molar-refractivity contribution in [2.75, 3.05) is 18.5 Å². The second kappa shape index (κ2) is 13.9. The topological polar surface area (TPSA) is 97.6 Å². The first-order valence-corrected chi connectivity index (χ1v) is 13.9. The van der Waals surface area contributed by atoms with Gasteiger partial charge in [-0.25, -0.2) is 13.6 Å². The summed E-state index contributed by atoms with van der Waals surface area (Å²) < 4.78 is 49.7. The van der Waals surface area contributed by atoms with Gasteiger partial charge in [0.1, 0.15) is 41.2 Å². The van der Waals surface area contributed by atoms with E-state index in [-0.39, 0.29) is 22.9 Å². The number of hydrogen-bond acceptors (Lipinski definition) is 8. The number of rotatable bonds is 9. The molecule has 0 amide bonds. The van der Waals surface area contributed by atoms with Crippen LogP contribution in [0.4, 0.5) is 9.52 Å².